The molecule has 1 unspecified atom stereocenters. The summed E-state index contributed by atoms with van der Waals surface area (Å²) < 4.78 is 28.4. The maximum absolute atomic E-state index is 13.1. The van der Waals surface area contributed by atoms with Crippen molar-refractivity contribution in [3.8, 4) is 0 Å². The van der Waals surface area contributed by atoms with Gasteiger partial charge in [0.2, 0.25) is 5.91 Å². The molecule has 0 aliphatic heterocycles. The summed E-state index contributed by atoms with van der Waals surface area (Å²) in [5, 5.41) is 2.37. The second-order valence-electron chi connectivity index (χ2n) is 3.62. The minimum absolute atomic E-state index is 0.0247. The number of rotatable bonds is 12. The van der Waals surface area contributed by atoms with E-state index in [2.05, 4.69) is 5.32 Å². The molecule has 0 rings (SSSR count). The van der Waals surface area contributed by atoms with Crippen molar-refractivity contribution in [2.75, 3.05) is 52.7 Å². The van der Waals surface area contributed by atoms with Gasteiger partial charge in [-0.25, -0.2) is 4.39 Å². The molecule has 0 aromatic heterocycles. The molecule has 0 bridgehead atoms. The van der Waals surface area contributed by atoms with E-state index in [-0.39, 0.29) is 19.1 Å². The molecule has 1 atom stereocenters. The molecule has 0 aromatic rings. The van der Waals surface area contributed by atoms with E-state index in [4.69, 9.17) is 19.9 Å². The van der Waals surface area contributed by atoms with Crippen LogP contribution in [0.15, 0.2) is 0 Å². The second kappa shape index (κ2) is 12.7. The van der Waals surface area contributed by atoms with Crippen LogP contribution in [0.3, 0.4) is 0 Å². The molecule has 0 fully saturated rings. The van der Waals surface area contributed by atoms with Gasteiger partial charge in [0.1, 0.15) is 6.17 Å². The fourth-order valence-corrected chi connectivity index (χ4v) is 1.05. The first-order valence-corrected chi connectivity index (χ1v) is 5.98. The van der Waals surface area contributed by atoms with Crippen molar-refractivity contribution in [2.45, 2.75) is 13.1 Å². The van der Waals surface area contributed by atoms with Crippen LogP contribution < -0.4 is 11.1 Å². The Hall–Kier alpha value is -0.760. The van der Waals surface area contributed by atoms with E-state index in [1.165, 1.54) is 6.92 Å². The quantitative estimate of drug-likeness (QED) is 0.464. The van der Waals surface area contributed by atoms with E-state index in [9.17, 15) is 9.18 Å². The van der Waals surface area contributed by atoms with E-state index in [1.54, 1.807) is 0 Å². The van der Waals surface area contributed by atoms with Crippen LogP contribution in [0.2, 0.25) is 0 Å². The van der Waals surface area contributed by atoms with Gasteiger partial charge in [-0.3, -0.25) is 4.79 Å². The van der Waals surface area contributed by atoms with Crippen molar-refractivity contribution in [3.05, 3.63) is 0 Å². The number of carbonyl (C=O) groups excluding carboxylic acids is 1. The molecule has 0 heterocycles. The summed E-state index contributed by atoms with van der Waals surface area (Å²) in [4.78, 5) is 10.5. The Balaban J connectivity index is 3.12. The van der Waals surface area contributed by atoms with Gasteiger partial charge in [0, 0.05) is 13.5 Å². The summed E-state index contributed by atoms with van der Waals surface area (Å²) in [5.41, 5.74) is 5.23. The first kappa shape index (κ1) is 17.2. The van der Waals surface area contributed by atoms with Crippen LogP contribution in [0.5, 0.6) is 0 Å². The topological polar surface area (TPSA) is 82.8 Å². The molecule has 0 saturated carbocycles. The number of halogens is 1. The van der Waals surface area contributed by atoms with Gasteiger partial charge in [-0.2, -0.15) is 0 Å². The highest BCUT2D eigenvalue weighted by Gasteiger charge is 2.06. The Kier molecular flexibility index (Phi) is 12.2. The molecular weight excluding hydrogens is 243 g/mol. The number of nitrogens with one attached hydrogen (secondary N) is 1. The Bertz CT molecular complexity index is 207. The van der Waals surface area contributed by atoms with Crippen molar-refractivity contribution in [2.24, 2.45) is 5.73 Å². The van der Waals surface area contributed by atoms with E-state index < -0.39 is 6.17 Å². The van der Waals surface area contributed by atoms with Gasteiger partial charge in [0.15, 0.2) is 0 Å². The maximum atomic E-state index is 13.1. The molecular formula is C11H23FN2O4. The minimum Gasteiger partial charge on any atom is -0.378 e. The van der Waals surface area contributed by atoms with Crippen LogP contribution >= 0.6 is 0 Å². The zero-order valence-corrected chi connectivity index (χ0v) is 10.8. The van der Waals surface area contributed by atoms with Gasteiger partial charge in [0.05, 0.1) is 46.2 Å². The highest BCUT2D eigenvalue weighted by Crippen LogP contribution is 1.91. The van der Waals surface area contributed by atoms with Crippen molar-refractivity contribution in [3.63, 3.8) is 0 Å². The number of hydrogen-bond donors (Lipinski definition) is 2. The normalized spacial score (nSPS) is 12.4. The van der Waals surface area contributed by atoms with Crippen LogP contribution in [0.25, 0.3) is 0 Å². The fraction of sp³-hybridized carbons (Fsp3) is 0.909. The van der Waals surface area contributed by atoms with Gasteiger partial charge >= 0.3 is 0 Å². The smallest absolute Gasteiger partial charge is 0.216 e. The van der Waals surface area contributed by atoms with Gasteiger partial charge in [-0.15, -0.1) is 0 Å². The Morgan fingerprint density at radius 3 is 2.28 bits per heavy atom. The zero-order chi connectivity index (χ0) is 13.6. The molecule has 0 aliphatic rings. The first-order chi connectivity index (χ1) is 8.66. The highest BCUT2D eigenvalue weighted by molar-refractivity contribution is 5.72. The molecule has 3 N–H and O–H groups in total. The molecule has 0 aromatic carbocycles. The van der Waals surface area contributed by atoms with Gasteiger partial charge in [-0.1, -0.05) is 0 Å². The van der Waals surface area contributed by atoms with Crippen molar-refractivity contribution in [1.82, 2.24) is 5.32 Å². The number of alkyl halides is 1. The molecule has 0 aliphatic carbocycles. The van der Waals surface area contributed by atoms with Crippen LogP contribution in [-0.2, 0) is 19.0 Å². The lowest BCUT2D eigenvalue weighted by molar-refractivity contribution is -0.119. The summed E-state index contributed by atoms with van der Waals surface area (Å²) in [6.45, 7) is 3.95. The van der Waals surface area contributed by atoms with Crippen LogP contribution in [-0.4, -0.2) is 64.8 Å². The average molecular weight is 266 g/mol. The predicted octanol–water partition coefficient (Wildman–Crippen LogP) is -0.531. The SMILES string of the molecule is CC(=O)NCC(F)COCCOCCOCCN. The summed E-state index contributed by atoms with van der Waals surface area (Å²) >= 11 is 0. The third-order valence-corrected chi connectivity index (χ3v) is 1.88. The third-order valence-electron chi connectivity index (χ3n) is 1.88. The van der Waals surface area contributed by atoms with Crippen molar-refractivity contribution >= 4 is 5.91 Å². The van der Waals surface area contributed by atoms with Crippen LogP contribution in [0.4, 0.5) is 4.39 Å². The molecule has 7 heteroatoms. The van der Waals surface area contributed by atoms with Gasteiger partial charge in [0.25, 0.3) is 0 Å². The predicted molar refractivity (Wildman–Crippen MR) is 65.1 cm³/mol. The number of ether oxygens (including phenoxy) is 3. The highest BCUT2D eigenvalue weighted by atomic mass is 19.1. The largest absolute Gasteiger partial charge is 0.378 e. The number of hydrogen-bond acceptors (Lipinski definition) is 5. The summed E-state index contributed by atoms with van der Waals surface area (Å²) in [6, 6.07) is 0. The lowest BCUT2D eigenvalue weighted by Crippen LogP contribution is -2.30. The number of amides is 1. The van der Waals surface area contributed by atoms with Gasteiger partial charge in [-0.05, 0) is 0 Å². The lowest BCUT2D eigenvalue weighted by Gasteiger charge is -2.10. The molecule has 18 heavy (non-hydrogen) atoms. The molecule has 6 nitrogen and oxygen atoms in total. The van der Waals surface area contributed by atoms with Crippen LogP contribution in [0, 0.1) is 0 Å². The van der Waals surface area contributed by atoms with E-state index in [0.717, 1.165) is 0 Å². The summed E-state index contributed by atoms with van der Waals surface area (Å²) in [5.74, 6) is -0.251. The number of carbonyl (C=O) groups is 1. The minimum atomic E-state index is -1.19. The third kappa shape index (κ3) is 13.3. The number of nitrogens with two attached hydrogens (primary N) is 1. The molecule has 0 radical (unpaired) electrons. The maximum Gasteiger partial charge on any atom is 0.216 e. The summed E-state index contributed by atoms with van der Waals surface area (Å²) in [7, 11) is 0. The Morgan fingerprint density at radius 1 is 1.17 bits per heavy atom. The second-order valence-corrected chi connectivity index (χ2v) is 3.62. The first-order valence-electron chi connectivity index (χ1n) is 5.98. The van der Waals surface area contributed by atoms with E-state index in [0.29, 0.717) is 39.6 Å². The molecule has 0 spiro atoms. The lowest BCUT2D eigenvalue weighted by atomic mass is 10.4. The molecule has 1 amide bonds. The monoisotopic (exact) mass is 266 g/mol. The average Bonchev–Trinajstić information content (AvgIpc) is 2.34. The van der Waals surface area contributed by atoms with Gasteiger partial charge < -0.3 is 25.3 Å². The van der Waals surface area contributed by atoms with E-state index >= 15 is 0 Å². The summed E-state index contributed by atoms with van der Waals surface area (Å²) in [6.07, 6.45) is -1.19. The fourth-order valence-electron chi connectivity index (χ4n) is 1.05. The Morgan fingerprint density at radius 2 is 1.72 bits per heavy atom. The van der Waals surface area contributed by atoms with Crippen molar-refractivity contribution in [1.29, 1.82) is 0 Å². The molecule has 108 valence electrons. The molecule has 0 saturated heterocycles. The standard InChI is InChI=1S/C11H23FN2O4/c1-10(15)14-8-11(12)9-18-7-6-17-5-4-16-3-2-13/h11H,2-9,13H2,1H3,(H,14,15). The Labute approximate surface area is 107 Å². The van der Waals surface area contributed by atoms with E-state index in [1.807, 2.05) is 0 Å². The zero-order valence-electron chi connectivity index (χ0n) is 10.8. The van der Waals surface area contributed by atoms with Crippen LogP contribution in [0.1, 0.15) is 6.92 Å². The van der Waals surface area contributed by atoms with Crippen molar-refractivity contribution < 1.29 is 23.4 Å².